The number of nitrogens with zero attached hydrogens (tertiary/aromatic N) is 1. The smallest absolute Gasteiger partial charge is 0.228 e. The van der Waals surface area contributed by atoms with Gasteiger partial charge in [0.1, 0.15) is 0 Å². The van der Waals surface area contributed by atoms with Crippen LogP contribution in [0.3, 0.4) is 0 Å². The molecule has 2 N–H and O–H groups in total. The van der Waals surface area contributed by atoms with E-state index in [1.807, 2.05) is 30.3 Å². The molecule has 1 aliphatic carbocycles. The van der Waals surface area contributed by atoms with E-state index < -0.39 is 6.04 Å². The molecule has 1 saturated carbocycles. The van der Waals surface area contributed by atoms with Crippen molar-refractivity contribution in [2.24, 2.45) is 5.92 Å². The van der Waals surface area contributed by atoms with Gasteiger partial charge >= 0.3 is 0 Å². The molecule has 1 aliphatic rings. The molecule has 0 spiro atoms. The molecule has 4 aromatic rings. The summed E-state index contributed by atoms with van der Waals surface area (Å²) < 4.78 is 2.27. The highest BCUT2D eigenvalue weighted by Crippen LogP contribution is 2.36. The molecule has 4 heteroatoms. The zero-order valence-corrected chi connectivity index (χ0v) is 20.9. The summed E-state index contributed by atoms with van der Waals surface area (Å²) in [7, 11) is 0. The van der Waals surface area contributed by atoms with Gasteiger partial charge in [-0.3, -0.25) is 4.79 Å². The number of hydrogen-bond donors (Lipinski definition) is 2. The summed E-state index contributed by atoms with van der Waals surface area (Å²) in [5, 5.41) is 14.5. The summed E-state index contributed by atoms with van der Waals surface area (Å²) in [5.74, 6) is 0.137. The van der Waals surface area contributed by atoms with E-state index in [9.17, 15) is 9.90 Å². The van der Waals surface area contributed by atoms with Crippen molar-refractivity contribution < 1.29 is 9.90 Å². The highest BCUT2D eigenvalue weighted by Gasteiger charge is 2.31. The predicted molar refractivity (Wildman–Crippen MR) is 146 cm³/mol. The van der Waals surface area contributed by atoms with Crippen molar-refractivity contribution in [3.63, 3.8) is 0 Å². The SMILES string of the molecule is O=C(N[C@@H](CO)c1ccccc1)C(c1ccc(Cn2ccc3ccccc32)cc1)C1CCCCCC1. The molecule has 1 unspecified atom stereocenters. The van der Waals surface area contributed by atoms with Gasteiger partial charge in [-0.05, 0) is 53.0 Å². The van der Waals surface area contributed by atoms with Gasteiger partial charge in [-0.15, -0.1) is 0 Å². The molecule has 1 aromatic heterocycles. The van der Waals surface area contributed by atoms with E-state index in [0.717, 1.165) is 30.5 Å². The normalized spacial score (nSPS) is 16.4. The maximum Gasteiger partial charge on any atom is 0.228 e. The van der Waals surface area contributed by atoms with E-state index in [4.69, 9.17) is 0 Å². The number of amides is 1. The van der Waals surface area contributed by atoms with Gasteiger partial charge in [0.05, 0.1) is 18.6 Å². The zero-order valence-electron chi connectivity index (χ0n) is 20.9. The molecule has 2 atom stereocenters. The number of fused-ring (bicyclic) bond motifs is 1. The van der Waals surface area contributed by atoms with Crippen LogP contribution < -0.4 is 5.32 Å². The van der Waals surface area contributed by atoms with Crippen molar-refractivity contribution >= 4 is 16.8 Å². The fourth-order valence-electron chi connectivity index (χ4n) is 5.77. The number of nitrogens with one attached hydrogen (secondary N) is 1. The molecule has 4 nitrogen and oxygen atoms in total. The quantitative estimate of drug-likeness (QED) is 0.279. The Labute approximate surface area is 214 Å². The summed E-state index contributed by atoms with van der Waals surface area (Å²) in [6, 6.07) is 28.6. The van der Waals surface area contributed by atoms with Crippen LogP contribution in [0.1, 0.15) is 67.2 Å². The van der Waals surface area contributed by atoms with E-state index >= 15 is 0 Å². The van der Waals surface area contributed by atoms with Gasteiger partial charge in [0.25, 0.3) is 0 Å². The Balaban J connectivity index is 1.38. The van der Waals surface area contributed by atoms with Gasteiger partial charge in [-0.25, -0.2) is 0 Å². The fraction of sp³-hybridized carbons (Fsp3) is 0.344. The van der Waals surface area contributed by atoms with E-state index in [1.54, 1.807) is 0 Å². The van der Waals surface area contributed by atoms with Crippen LogP contribution in [0.4, 0.5) is 0 Å². The molecule has 0 saturated heterocycles. The Morgan fingerprint density at radius 1 is 0.833 bits per heavy atom. The molecule has 1 fully saturated rings. The maximum absolute atomic E-state index is 13.8. The number of rotatable bonds is 8. The summed E-state index contributed by atoms with van der Waals surface area (Å²) in [5.41, 5.74) is 4.46. The van der Waals surface area contributed by atoms with Crippen LogP contribution in [0, 0.1) is 5.92 Å². The van der Waals surface area contributed by atoms with Crippen molar-refractivity contribution in [3.8, 4) is 0 Å². The number of aliphatic hydroxyl groups is 1. The fourth-order valence-corrected chi connectivity index (χ4v) is 5.77. The monoisotopic (exact) mass is 480 g/mol. The molecule has 0 bridgehead atoms. The van der Waals surface area contributed by atoms with Crippen LogP contribution in [0.2, 0.25) is 0 Å². The Morgan fingerprint density at radius 3 is 2.25 bits per heavy atom. The Hall–Kier alpha value is -3.37. The first-order chi connectivity index (χ1) is 17.7. The van der Waals surface area contributed by atoms with Crippen LogP contribution >= 0.6 is 0 Å². The second-order valence-corrected chi connectivity index (χ2v) is 10.1. The minimum atomic E-state index is -0.395. The summed E-state index contributed by atoms with van der Waals surface area (Å²) in [6.07, 6.45) is 9.13. The molecule has 186 valence electrons. The van der Waals surface area contributed by atoms with Gasteiger partial charge in [-0.1, -0.05) is 98.5 Å². The summed E-state index contributed by atoms with van der Waals surface area (Å²) >= 11 is 0. The van der Waals surface area contributed by atoms with Crippen molar-refractivity contribution in [1.29, 1.82) is 0 Å². The maximum atomic E-state index is 13.8. The molecule has 1 amide bonds. The molecule has 0 aliphatic heterocycles. The average Bonchev–Trinajstić information content (AvgIpc) is 3.13. The summed E-state index contributed by atoms with van der Waals surface area (Å²) in [6.45, 7) is 0.686. The number of carbonyl (C=O) groups is 1. The highest BCUT2D eigenvalue weighted by molar-refractivity contribution is 5.84. The lowest BCUT2D eigenvalue weighted by atomic mass is 9.80. The van der Waals surface area contributed by atoms with Crippen molar-refractivity contribution in [2.75, 3.05) is 6.61 Å². The minimum Gasteiger partial charge on any atom is -0.394 e. The lowest BCUT2D eigenvalue weighted by Gasteiger charge is -2.28. The molecular weight excluding hydrogens is 444 g/mol. The molecule has 3 aromatic carbocycles. The first-order valence-corrected chi connectivity index (χ1v) is 13.3. The third kappa shape index (κ3) is 5.55. The lowest BCUT2D eigenvalue weighted by molar-refractivity contribution is -0.125. The largest absolute Gasteiger partial charge is 0.394 e. The Bertz CT molecular complexity index is 1250. The van der Waals surface area contributed by atoms with Crippen LogP contribution in [-0.2, 0) is 11.3 Å². The van der Waals surface area contributed by atoms with Crippen LogP contribution in [0.5, 0.6) is 0 Å². The Morgan fingerprint density at radius 2 is 1.53 bits per heavy atom. The van der Waals surface area contributed by atoms with Gasteiger partial charge in [0, 0.05) is 18.3 Å². The van der Waals surface area contributed by atoms with Gasteiger partial charge in [0.2, 0.25) is 5.91 Å². The summed E-state index contributed by atoms with van der Waals surface area (Å²) in [4.78, 5) is 13.8. The second kappa shape index (κ2) is 11.6. The van der Waals surface area contributed by atoms with Gasteiger partial charge in [-0.2, -0.15) is 0 Å². The first-order valence-electron chi connectivity index (χ1n) is 13.3. The number of para-hydroxylation sites is 1. The number of hydrogen-bond acceptors (Lipinski definition) is 2. The van der Waals surface area contributed by atoms with Gasteiger partial charge < -0.3 is 15.0 Å². The van der Waals surface area contributed by atoms with Crippen LogP contribution in [-0.4, -0.2) is 22.2 Å². The van der Waals surface area contributed by atoms with Crippen molar-refractivity contribution in [2.45, 2.75) is 57.0 Å². The third-order valence-corrected chi connectivity index (χ3v) is 7.73. The molecular formula is C32H36N2O2. The molecule has 36 heavy (non-hydrogen) atoms. The average molecular weight is 481 g/mol. The van der Waals surface area contributed by atoms with E-state index in [1.165, 1.54) is 42.1 Å². The molecule has 0 radical (unpaired) electrons. The van der Waals surface area contributed by atoms with Crippen LogP contribution in [0.25, 0.3) is 10.9 Å². The standard InChI is InChI=1S/C32H36N2O2/c35-23-29(25-10-6-3-7-11-25)33-32(36)31(27-13-4-1-2-5-14-27)28-18-16-24(17-19-28)22-34-21-20-26-12-8-9-15-30(26)34/h3,6-12,15-21,27,29,31,35H,1-2,4-5,13-14,22-23H2,(H,33,36)/t29-,31?/m0/s1. The second-order valence-electron chi connectivity index (χ2n) is 10.1. The van der Waals surface area contributed by atoms with E-state index in [0.29, 0.717) is 5.92 Å². The lowest BCUT2D eigenvalue weighted by Crippen LogP contribution is -2.37. The Kier molecular flexibility index (Phi) is 7.82. The minimum absolute atomic E-state index is 0.0222. The van der Waals surface area contributed by atoms with E-state index in [2.05, 4.69) is 70.7 Å². The number of aliphatic hydroxyl groups excluding tert-OH is 1. The number of carbonyl (C=O) groups excluding carboxylic acids is 1. The van der Waals surface area contributed by atoms with Crippen molar-refractivity contribution in [1.82, 2.24) is 9.88 Å². The third-order valence-electron chi connectivity index (χ3n) is 7.73. The van der Waals surface area contributed by atoms with E-state index in [-0.39, 0.29) is 18.4 Å². The molecule has 1 heterocycles. The number of aromatic nitrogens is 1. The molecule has 5 rings (SSSR count). The van der Waals surface area contributed by atoms with Gasteiger partial charge in [0.15, 0.2) is 0 Å². The number of benzene rings is 3. The highest BCUT2D eigenvalue weighted by atomic mass is 16.3. The topological polar surface area (TPSA) is 54.3 Å². The van der Waals surface area contributed by atoms with Crippen LogP contribution in [0.15, 0.2) is 91.1 Å². The zero-order chi connectivity index (χ0) is 24.7. The van der Waals surface area contributed by atoms with Crippen molar-refractivity contribution in [3.05, 3.63) is 108 Å². The predicted octanol–water partition coefficient (Wildman–Crippen LogP) is 6.59. The first kappa shape index (κ1) is 24.3.